The van der Waals surface area contributed by atoms with Crippen LogP contribution in [0.4, 0.5) is 11.4 Å². The van der Waals surface area contributed by atoms with Gasteiger partial charge in [0.05, 0.1) is 31.9 Å². The molecule has 0 aliphatic rings. The van der Waals surface area contributed by atoms with Gasteiger partial charge in [0.15, 0.2) is 0 Å². The number of methoxy groups -OCH3 is 2. The topological polar surface area (TPSA) is 101 Å². The number of hydrogen-bond acceptors (Lipinski definition) is 6. The zero-order chi connectivity index (χ0) is 18.5. The third-order valence-corrected chi connectivity index (χ3v) is 3.92. The summed E-state index contributed by atoms with van der Waals surface area (Å²) in [5.41, 5.74) is 2.32. The lowest BCUT2D eigenvalue weighted by molar-refractivity contribution is 0.0527. The Morgan fingerprint density at radius 2 is 1.68 bits per heavy atom. The molecular formula is C20H23ClN2O5. The highest BCUT2D eigenvalue weighted by molar-refractivity contribution is 6.09. The first kappa shape index (κ1) is 23.0. The van der Waals surface area contributed by atoms with Crippen LogP contribution in [-0.2, 0) is 4.74 Å². The molecule has 150 valence electrons. The molecule has 3 N–H and O–H groups in total. The average molecular weight is 407 g/mol. The number of carbonyl (C=O) groups excluding carboxylic acids is 1. The molecular weight excluding hydrogens is 384 g/mol. The van der Waals surface area contributed by atoms with Gasteiger partial charge >= 0.3 is 5.97 Å². The van der Waals surface area contributed by atoms with E-state index in [0.29, 0.717) is 33.7 Å². The molecule has 0 saturated carbocycles. The van der Waals surface area contributed by atoms with E-state index >= 15 is 0 Å². The van der Waals surface area contributed by atoms with E-state index in [2.05, 4.69) is 10.3 Å². The fourth-order valence-corrected chi connectivity index (χ4v) is 2.75. The molecule has 0 amide bonds. The summed E-state index contributed by atoms with van der Waals surface area (Å²) in [6, 6.07) is 13.1. The molecule has 0 aliphatic heterocycles. The maximum atomic E-state index is 12.5. The van der Waals surface area contributed by atoms with Gasteiger partial charge < -0.3 is 25.0 Å². The second-order valence-corrected chi connectivity index (χ2v) is 5.45. The smallest absolute Gasteiger partial charge is 0.341 e. The van der Waals surface area contributed by atoms with Gasteiger partial charge in [0.1, 0.15) is 22.6 Å². The van der Waals surface area contributed by atoms with Crippen LogP contribution in [-0.4, -0.2) is 37.3 Å². The lowest BCUT2D eigenvalue weighted by Gasteiger charge is -2.17. The van der Waals surface area contributed by atoms with Crippen LogP contribution in [0.2, 0.25) is 0 Å². The fourth-order valence-electron chi connectivity index (χ4n) is 2.75. The van der Waals surface area contributed by atoms with Crippen LogP contribution in [0.25, 0.3) is 10.9 Å². The highest BCUT2D eigenvalue weighted by Crippen LogP contribution is 2.39. The molecule has 2 aromatic carbocycles. The fraction of sp³-hybridized carbons (Fsp3) is 0.200. The second-order valence-electron chi connectivity index (χ2n) is 5.45. The number of halogens is 1. The summed E-state index contributed by atoms with van der Waals surface area (Å²) in [5.74, 6) is 0.718. The molecule has 0 spiro atoms. The van der Waals surface area contributed by atoms with Crippen molar-refractivity contribution in [3.05, 3.63) is 54.2 Å². The molecule has 0 atom stereocenters. The first-order valence-corrected chi connectivity index (χ1v) is 8.22. The Kier molecular flexibility index (Phi) is 8.50. The molecule has 0 aliphatic carbocycles. The zero-order valence-corrected chi connectivity index (χ0v) is 16.6. The predicted octanol–water partition coefficient (Wildman–Crippen LogP) is 3.77. The van der Waals surface area contributed by atoms with Gasteiger partial charge in [-0.2, -0.15) is 0 Å². The van der Waals surface area contributed by atoms with Crippen molar-refractivity contribution in [3.8, 4) is 11.5 Å². The van der Waals surface area contributed by atoms with Gasteiger partial charge in [0.2, 0.25) is 0 Å². The number of pyridine rings is 1. The van der Waals surface area contributed by atoms with Crippen molar-refractivity contribution in [2.45, 2.75) is 6.92 Å². The molecule has 0 bridgehead atoms. The van der Waals surface area contributed by atoms with E-state index in [1.165, 1.54) is 6.20 Å². The number of aromatic nitrogens is 1. The van der Waals surface area contributed by atoms with Crippen molar-refractivity contribution in [1.82, 2.24) is 4.98 Å². The summed E-state index contributed by atoms with van der Waals surface area (Å²) in [7, 11) is 3.15. The lowest BCUT2D eigenvalue weighted by atomic mass is 10.1. The minimum absolute atomic E-state index is 0. The van der Waals surface area contributed by atoms with Crippen molar-refractivity contribution in [1.29, 1.82) is 0 Å². The van der Waals surface area contributed by atoms with Crippen LogP contribution in [0.3, 0.4) is 0 Å². The molecule has 0 radical (unpaired) electrons. The van der Waals surface area contributed by atoms with Gasteiger partial charge in [-0.15, -0.1) is 12.4 Å². The maximum absolute atomic E-state index is 12.5. The van der Waals surface area contributed by atoms with Crippen molar-refractivity contribution in [2.75, 3.05) is 26.1 Å². The Labute approximate surface area is 169 Å². The van der Waals surface area contributed by atoms with E-state index in [9.17, 15) is 4.79 Å². The minimum atomic E-state index is -0.454. The number of anilines is 2. The number of esters is 1. The Hall–Kier alpha value is -3.03. The Bertz CT molecular complexity index is 935. The Balaban J connectivity index is 0.00000196. The highest BCUT2D eigenvalue weighted by Gasteiger charge is 2.21. The number of nitrogens with one attached hydrogen (secondary N) is 1. The standard InChI is InChI=1S/C20H20N2O4.ClH.H2O/c1-4-26-20(23)14-12-21-19-16(25-3)11-10-15(24-2)17(19)18(14)22-13-8-6-5-7-9-13;;/h5-12H,4H2,1-3H3,(H,21,22);1H;1H2. The Morgan fingerprint density at radius 3 is 2.29 bits per heavy atom. The van der Waals surface area contributed by atoms with Crippen molar-refractivity contribution in [3.63, 3.8) is 0 Å². The lowest BCUT2D eigenvalue weighted by Crippen LogP contribution is -2.10. The van der Waals surface area contributed by atoms with E-state index < -0.39 is 5.97 Å². The molecule has 0 saturated heterocycles. The van der Waals surface area contributed by atoms with Gasteiger partial charge in [-0.1, -0.05) is 18.2 Å². The number of rotatable bonds is 6. The molecule has 3 rings (SSSR count). The van der Waals surface area contributed by atoms with E-state index in [1.807, 2.05) is 30.3 Å². The largest absolute Gasteiger partial charge is 0.496 e. The van der Waals surface area contributed by atoms with Crippen LogP contribution >= 0.6 is 12.4 Å². The van der Waals surface area contributed by atoms with Crippen LogP contribution in [0.1, 0.15) is 17.3 Å². The number of nitrogens with zero attached hydrogens (tertiary/aromatic N) is 1. The van der Waals surface area contributed by atoms with E-state index in [-0.39, 0.29) is 24.5 Å². The molecule has 3 aromatic rings. The molecule has 7 nitrogen and oxygen atoms in total. The first-order valence-electron chi connectivity index (χ1n) is 8.22. The predicted molar refractivity (Wildman–Crippen MR) is 111 cm³/mol. The van der Waals surface area contributed by atoms with E-state index in [0.717, 1.165) is 5.69 Å². The summed E-state index contributed by atoms with van der Waals surface area (Å²) in [4.78, 5) is 16.9. The van der Waals surface area contributed by atoms with Crippen molar-refractivity contribution in [2.24, 2.45) is 0 Å². The molecule has 0 fully saturated rings. The second kappa shape index (κ2) is 10.3. The van der Waals surface area contributed by atoms with Crippen LogP contribution in [0.15, 0.2) is 48.7 Å². The highest BCUT2D eigenvalue weighted by atomic mass is 35.5. The summed E-state index contributed by atoms with van der Waals surface area (Å²) in [5, 5.41) is 3.96. The number of benzene rings is 2. The number of hydrogen-bond donors (Lipinski definition) is 1. The van der Waals surface area contributed by atoms with Gasteiger partial charge in [-0.25, -0.2) is 4.79 Å². The Morgan fingerprint density at radius 1 is 1.04 bits per heavy atom. The summed E-state index contributed by atoms with van der Waals surface area (Å²) in [6.07, 6.45) is 1.49. The first-order chi connectivity index (χ1) is 12.7. The van der Waals surface area contributed by atoms with E-state index in [4.69, 9.17) is 14.2 Å². The van der Waals surface area contributed by atoms with Crippen LogP contribution in [0, 0.1) is 0 Å². The van der Waals surface area contributed by atoms with Gasteiger partial charge in [0.25, 0.3) is 0 Å². The molecule has 8 heteroatoms. The monoisotopic (exact) mass is 406 g/mol. The van der Waals surface area contributed by atoms with Gasteiger partial charge in [-0.3, -0.25) is 4.98 Å². The average Bonchev–Trinajstić information content (AvgIpc) is 2.68. The SMILES string of the molecule is CCOC(=O)c1cnc2c(OC)ccc(OC)c2c1Nc1ccccc1.Cl.O. The third-order valence-electron chi connectivity index (χ3n) is 3.92. The molecule has 1 aromatic heterocycles. The summed E-state index contributed by atoms with van der Waals surface area (Å²) in [6.45, 7) is 2.04. The van der Waals surface area contributed by atoms with Gasteiger partial charge in [0, 0.05) is 11.9 Å². The van der Waals surface area contributed by atoms with E-state index in [1.54, 1.807) is 33.3 Å². The van der Waals surface area contributed by atoms with Gasteiger partial charge in [-0.05, 0) is 31.2 Å². The normalized spacial score (nSPS) is 9.68. The number of fused-ring (bicyclic) bond motifs is 1. The van der Waals surface area contributed by atoms with Crippen molar-refractivity contribution < 1.29 is 24.5 Å². The zero-order valence-electron chi connectivity index (χ0n) is 15.8. The number of carbonyl (C=O) groups is 1. The summed E-state index contributed by atoms with van der Waals surface area (Å²) < 4.78 is 16.1. The van der Waals surface area contributed by atoms with Crippen molar-refractivity contribution >= 4 is 40.7 Å². The number of ether oxygens (including phenoxy) is 3. The quantitative estimate of drug-likeness (QED) is 0.625. The molecule has 0 unspecified atom stereocenters. The maximum Gasteiger partial charge on any atom is 0.341 e. The van der Waals surface area contributed by atoms with Crippen LogP contribution < -0.4 is 14.8 Å². The molecule has 1 heterocycles. The summed E-state index contributed by atoms with van der Waals surface area (Å²) >= 11 is 0. The minimum Gasteiger partial charge on any atom is -0.496 e. The third kappa shape index (κ3) is 4.44. The number of para-hydroxylation sites is 1. The van der Waals surface area contributed by atoms with Crippen LogP contribution in [0.5, 0.6) is 11.5 Å². The molecule has 28 heavy (non-hydrogen) atoms.